The Bertz CT molecular complexity index is 383. The third-order valence-electron chi connectivity index (χ3n) is 2.91. The van der Waals surface area contributed by atoms with Crippen molar-refractivity contribution in [3.8, 4) is 0 Å². The largest absolute Gasteiger partial charge is 0.481 e. The van der Waals surface area contributed by atoms with Crippen molar-refractivity contribution in [3.05, 3.63) is 35.7 Å². The second-order valence-electron chi connectivity index (χ2n) is 4.63. The highest BCUT2D eigenvalue weighted by atomic mass is 16.5. The van der Waals surface area contributed by atoms with E-state index in [1.165, 1.54) is 11.1 Å². The van der Waals surface area contributed by atoms with E-state index in [0.29, 0.717) is 12.5 Å². The number of hydrogen-bond acceptors (Lipinski definition) is 3. The second kappa shape index (κ2) is 7.01. The van der Waals surface area contributed by atoms with Crippen molar-refractivity contribution in [3.63, 3.8) is 0 Å². The molecule has 1 rings (SSSR count). The van der Waals surface area contributed by atoms with Gasteiger partial charge in [0.25, 0.3) is 0 Å². The number of dihydropyridines is 1. The Morgan fingerprint density at radius 3 is 3.00 bits per heavy atom. The zero-order valence-corrected chi connectivity index (χ0v) is 11.0. The van der Waals surface area contributed by atoms with E-state index in [1.54, 1.807) is 0 Å². The Morgan fingerprint density at radius 2 is 2.33 bits per heavy atom. The summed E-state index contributed by atoms with van der Waals surface area (Å²) in [6.45, 7) is 8.94. The molecule has 0 aromatic heterocycles. The predicted octanol–water partition coefficient (Wildman–Crippen LogP) is 2.45. The van der Waals surface area contributed by atoms with Gasteiger partial charge in [0.1, 0.15) is 0 Å². The third kappa shape index (κ3) is 4.75. The first kappa shape index (κ1) is 14.5. The van der Waals surface area contributed by atoms with Crippen molar-refractivity contribution >= 4 is 5.97 Å². The van der Waals surface area contributed by atoms with Crippen LogP contribution < -0.4 is 5.32 Å². The van der Waals surface area contributed by atoms with E-state index < -0.39 is 5.97 Å². The smallest absolute Gasteiger partial charge is 0.305 e. The summed E-state index contributed by atoms with van der Waals surface area (Å²) in [4.78, 5) is 10.3. The molecule has 1 heterocycles. The monoisotopic (exact) mass is 251 g/mol. The molecule has 4 heteroatoms. The van der Waals surface area contributed by atoms with Gasteiger partial charge < -0.3 is 15.2 Å². The zero-order valence-electron chi connectivity index (χ0n) is 11.0. The lowest BCUT2D eigenvalue weighted by Gasteiger charge is -2.19. The molecule has 0 aromatic rings. The molecule has 0 amide bonds. The normalized spacial score (nSPS) is 16.7. The van der Waals surface area contributed by atoms with Crippen LogP contribution in [0.2, 0.25) is 0 Å². The first-order valence-electron chi connectivity index (χ1n) is 6.12. The molecule has 1 atom stereocenters. The van der Waals surface area contributed by atoms with Crippen molar-refractivity contribution in [1.82, 2.24) is 5.32 Å². The lowest BCUT2D eigenvalue weighted by atomic mass is 9.95. The Morgan fingerprint density at radius 1 is 1.61 bits per heavy atom. The van der Waals surface area contributed by atoms with Gasteiger partial charge in [-0.25, -0.2) is 0 Å². The minimum atomic E-state index is -0.821. The fraction of sp³-hybridized carbons (Fsp3) is 0.500. The maximum Gasteiger partial charge on any atom is 0.305 e. The van der Waals surface area contributed by atoms with Crippen molar-refractivity contribution in [1.29, 1.82) is 0 Å². The van der Waals surface area contributed by atoms with Gasteiger partial charge in [0.2, 0.25) is 0 Å². The Balaban J connectivity index is 2.34. The molecule has 2 N–H and O–H groups in total. The summed E-state index contributed by atoms with van der Waals surface area (Å²) >= 11 is 0. The number of rotatable bonds is 7. The van der Waals surface area contributed by atoms with Gasteiger partial charge in [-0.05, 0) is 36.5 Å². The fourth-order valence-corrected chi connectivity index (χ4v) is 1.77. The van der Waals surface area contributed by atoms with Crippen LogP contribution in [0.15, 0.2) is 35.7 Å². The molecule has 1 aliphatic heterocycles. The molecule has 0 spiro atoms. The average Bonchev–Trinajstić information content (AvgIpc) is 2.30. The zero-order chi connectivity index (χ0) is 13.5. The highest BCUT2D eigenvalue weighted by Gasteiger charge is 2.11. The van der Waals surface area contributed by atoms with Crippen LogP contribution in [0.4, 0.5) is 0 Å². The minimum Gasteiger partial charge on any atom is -0.481 e. The maximum atomic E-state index is 10.3. The van der Waals surface area contributed by atoms with Gasteiger partial charge in [0.15, 0.2) is 0 Å². The first-order chi connectivity index (χ1) is 8.50. The summed E-state index contributed by atoms with van der Waals surface area (Å²) in [6, 6.07) is 0. The Hall–Kier alpha value is -1.55. The van der Waals surface area contributed by atoms with E-state index in [9.17, 15) is 4.79 Å². The van der Waals surface area contributed by atoms with Gasteiger partial charge in [-0.1, -0.05) is 13.5 Å². The third-order valence-corrected chi connectivity index (χ3v) is 2.91. The number of ether oxygens (including phenoxy) is 1. The molecule has 18 heavy (non-hydrogen) atoms. The van der Waals surface area contributed by atoms with Gasteiger partial charge in [-0.15, -0.1) is 0 Å². The number of carbonyl (C=O) groups is 1. The van der Waals surface area contributed by atoms with Crippen molar-refractivity contribution in [2.24, 2.45) is 5.92 Å². The summed E-state index contributed by atoms with van der Waals surface area (Å²) in [6.07, 6.45) is 4.92. The van der Waals surface area contributed by atoms with Crippen LogP contribution in [0, 0.1) is 5.92 Å². The molecule has 0 radical (unpaired) electrons. The second-order valence-corrected chi connectivity index (χ2v) is 4.63. The standard InChI is InChI=1S/C14H21NO3/c1-10(9-18-7-5-14(16)17)8-13-4-6-15-12(3)11(13)2/h4,6,10,15H,3,5,7-9H2,1-2H3,(H,16,17)/t10-/m1/s1. The van der Waals surface area contributed by atoms with Crippen molar-refractivity contribution < 1.29 is 14.6 Å². The molecule has 1 aliphatic rings. The first-order valence-corrected chi connectivity index (χ1v) is 6.12. The van der Waals surface area contributed by atoms with E-state index in [0.717, 1.165) is 12.1 Å². The number of carboxylic acids is 1. The van der Waals surface area contributed by atoms with Gasteiger partial charge in [0, 0.05) is 18.5 Å². The van der Waals surface area contributed by atoms with Gasteiger partial charge in [-0.2, -0.15) is 0 Å². The maximum absolute atomic E-state index is 10.3. The molecular formula is C14H21NO3. The van der Waals surface area contributed by atoms with Crippen LogP contribution in [0.25, 0.3) is 0 Å². The summed E-state index contributed by atoms with van der Waals surface area (Å²) in [5.41, 5.74) is 3.37. The molecule has 0 aliphatic carbocycles. The summed E-state index contributed by atoms with van der Waals surface area (Å²) in [5, 5.41) is 11.6. The number of hydrogen-bond donors (Lipinski definition) is 2. The minimum absolute atomic E-state index is 0.0646. The van der Waals surface area contributed by atoms with Crippen molar-refractivity contribution in [2.45, 2.75) is 26.7 Å². The van der Waals surface area contributed by atoms with E-state index in [-0.39, 0.29) is 13.0 Å². The average molecular weight is 251 g/mol. The van der Waals surface area contributed by atoms with E-state index in [1.807, 2.05) is 13.1 Å². The summed E-state index contributed by atoms with van der Waals surface area (Å²) < 4.78 is 5.34. The SMILES string of the molecule is C=C1NC=CC(C[C@@H](C)COCCC(=O)O)=C1C. The lowest BCUT2D eigenvalue weighted by molar-refractivity contribution is -0.138. The molecule has 0 unspecified atom stereocenters. The molecule has 0 saturated heterocycles. The summed E-state index contributed by atoms with van der Waals surface area (Å²) in [5.74, 6) is -0.460. The van der Waals surface area contributed by atoms with E-state index in [4.69, 9.17) is 9.84 Å². The number of aliphatic carboxylic acids is 1. The van der Waals surface area contributed by atoms with E-state index in [2.05, 4.69) is 24.9 Å². The molecule has 0 fully saturated rings. The van der Waals surface area contributed by atoms with Crippen LogP contribution in [0.5, 0.6) is 0 Å². The Labute approximate surface area is 108 Å². The molecule has 0 saturated carbocycles. The van der Waals surface area contributed by atoms with Crippen LogP contribution >= 0.6 is 0 Å². The number of carboxylic acid groups (broad SMARTS) is 1. The van der Waals surface area contributed by atoms with Gasteiger partial charge >= 0.3 is 5.97 Å². The van der Waals surface area contributed by atoms with Crippen LogP contribution in [0.1, 0.15) is 26.7 Å². The highest BCUT2D eigenvalue weighted by Crippen LogP contribution is 2.22. The van der Waals surface area contributed by atoms with Gasteiger partial charge in [-0.3, -0.25) is 4.79 Å². The quantitative estimate of drug-likeness (QED) is 0.682. The Kier molecular flexibility index (Phi) is 5.65. The van der Waals surface area contributed by atoms with Crippen LogP contribution in [-0.4, -0.2) is 24.3 Å². The topological polar surface area (TPSA) is 58.6 Å². The van der Waals surface area contributed by atoms with E-state index >= 15 is 0 Å². The lowest BCUT2D eigenvalue weighted by Crippen LogP contribution is -2.14. The molecule has 100 valence electrons. The van der Waals surface area contributed by atoms with Crippen LogP contribution in [-0.2, 0) is 9.53 Å². The molecular weight excluding hydrogens is 230 g/mol. The highest BCUT2D eigenvalue weighted by molar-refractivity contribution is 5.66. The predicted molar refractivity (Wildman–Crippen MR) is 71.0 cm³/mol. The van der Waals surface area contributed by atoms with Crippen molar-refractivity contribution in [2.75, 3.05) is 13.2 Å². The van der Waals surface area contributed by atoms with Crippen LogP contribution in [0.3, 0.4) is 0 Å². The fourth-order valence-electron chi connectivity index (χ4n) is 1.77. The molecule has 4 nitrogen and oxygen atoms in total. The number of allylic oxidation sites excluding steroid dienone is 3. The van der Waals surface area contributed by atoms with Gasteiger partial charge in [0.05, 0.1) is 13.0 Å². The summed E-state index contributed by atoms with van der Waals surface area (Å²) in [7, 11) is 0. The number of nitrogens with one attached hydrogen (secondary N) is 1. The molecule has 0 bridgehead atoms. The molecule has 0 aromatic carbocycles.